The van der Waals surface area contributed by atoms with Gasteiger partial charge in [-0.05, 0) is 18.6 Å². The van der Waals surface area contributed by atoms with E-state index in [1.807, 2.05) is 0 Å². The number of rotatable bonds is 7. The van der Waals surface area contributed by atoms with E-state index in [4.69, 9.17) is 0 Å². The first kappa shape index (κ1) is 16.9. The fourth-order valence-corrected chi connectivity index (χ4v) is 2.02. The normalized spacial score (nSPS) is 11.1. The standard InChI is InChI=1S/C11H15N3O6S/c1-21(19,20)13-6-2-5-12-11(16)9-7-8(15)3-4-10(9)14(17)18/h3-4,7,13,15H,2,5-6H2,1H3,(H,12,16). The monoisotopic (exact) mass is 317 g/mol. The fraction of sp³-hybridized carbons (Fsp3) is 0.364. The number of phenolic OH excluding ortho intramolecular Hbond substituents is 1. The van der Waals surface area contributed by atoms with E-state index in [2.05, 4.69) is 10.0 Å². The van der Waals surface area contributed by atoms with Gasteiger partial charge in [0.1, 0.15) is 11.3 Å². The van der Waals surface area contributed by atoms with Crippen LogP contribution in [0.15, 0.2) is 18.2 Å². The number of hydrogen-bond donors (Lipinski definition) is 3. The number of aromatic hydroxyl groups is 1. The molecule has 0 saturated heterocycles. The van der Waals surface area contributed by atoms with Crippen LogP contribution in [0.4, 0.5) is 5.69 Å². The molecule has 0 heterocycles. The van der Waals surface area contributed by atoms with Crippen LogP contribution in [0, 0.1) is 10.1 Å². The molecular formula is C11H15N3O6S. The van der Waals surface area contributed by atoms with Crippen molar-refractivity contribution in [3.8, 4) is 5.75 Å². The summed E-state index contributed by atoms with van der Waals surface area (Å²) in [6.07, 6.45) is 1.34. The first-order valence-corrected chi connectivity index (χ1v) is 7.80. The number of nitrogens with one attached hydrogen (secondary N) is 2. The van der Waals surface area contributed by atoms with Gasteiger partial charge in [-0.1, -0.05) is 0 Å². The van der Waals surface area contributed by atoms with Crippen LogP contribution in [0.3, 0.4) is 0 Å². The molecule has 0 aromatic heterocycles. The highest BCUT2D eigenvalue weighted by atomic mass is 32.2. The third-order valence-corrected chi connectivity index (χ3v) is 3.15. The highest BCUT2D eigenvalue weighted by Gasteiger charge is 2.20. The number of nitro benzene ring substituents is 1. The Morgan fingerprint density at radius 2 is 2.05 bits per heavy atom. The van der Waals surface area contributed by atoms with Crippen LogP contribution >= 0.6 is 0 Å². The van der Waals surface area contributed by atoms with Gasteiger partial charge in [-0.25, -0.2) is 13.1 Å². The van der Waals surface area contributed by atoms with E-state index >= 15 is 0 Å². The minimum Gasteiger partial charge on any atom is -0.508 e. The number of nitro groups is 1. The predicted octanol–water partition coefficient (Wildman–Crippen LogP) is -0.0305. The molecule has 10 heteroatoms. The summed E-state index contributed by atoms with van der Waals surface area (Å²) in [4.78, 5) is 21.9. The molecule has 9 nitrogen and oxygen atoms in total. The Morgan fingerprint density at radius 3 is 2.62 bits per heavy atom. The van der Waals surface area contributed by atoms with Gasteiger partial charge in [0.15, 0.2) is 0 Å². The molecule has 0 atom stereocenters. The average Bonchev–Trinajstić information content (AvgIpc) is 2.36. The second kappa shape index (κ2) is 6.99. The smallest absolute Gasteiger partial charge is 0.282 e. The van der Waals surface area contributed by atoms with Gasteiger partial charge in [0, 0.05) is 19.2 Å². The van der Waals surface area contributed by atoms with Crippen LogP contribution in [0.2, 0.25) is 0 Å². The van der Waals surface area contributed by atoms with E-state index in [0.717, 1.165) is 24.5 Å². The molecular weight excluding hydrogens is 302 g/mol. The van der Waals surface area contributed by atoms with Crippen molar-refractivity contribution in [2.45, 2.75) is 6.42 Å². The zero-order valence-electron chi connectivity index (χ0n) is 11.2. The third-order valence-electron chi connectivity index (χ3n) is 2.42. The van der Waals surface area contributed by atoms with Crippen molar-refractivity contribution in [1.29, 1.82) is 0 Å². The lowest BCUT2D eigenvalue weighted by Crippen LogP contribution is -2.29. The number of carbonyl (C=O) groups is 1. The maximum Gasteiger partial charge on any atom is 0.282 e. The summed E-state index contributed by atoms with van der Waals surface area (Å²) >= 11 is 0. The van der Waals surface area contributed by atoms with E-state index in [1.54, 1.807) is 0 Å². The minimum absolute atomic E-state index is 0.133. The molecule has 1 aromatic carbocycles. The number of hydrogen-bond acceptors (Lipinski definition) is 6. The summed E-state index contributed by atoms with van der Waals surface area (Å²) in [7, 11) is -3.29. The SMILES string of the molecule is CS(=O)(=O)NCCCNC(=O)c1cc(O)ccc1[N+](=O)[O-]. The van der Waals surface area contributed by atoms with Gasteiger partial charge in [-0.2, -0.15) is 0 Å². The zero-order chi connectivity index (χ0) is 16.0. The van der Waals surface area contributed by atoms with Crippen LogP contribution in [-0.4, -0.2) is 43.7 Å². The zero-order valence-corrected chi connectivity index (χ0v) is 12.0. The number of carbonyl (C=O) groups excluding carboxylic acids is 1. The highest BCUT2D eigenvalue weighted by molar-refractivity contribution is 7.88. The third kappa shape index (κ3) is 5.75. The second-order valence-corrected chi connectivity index (χ2v) is 6.07. The molecule has 0 fully saturated rings. The van der Waals surface area contributed by atoms with Gasteiger partial charge in [-0.3, -0.25) is 14.9 Å². The Hall–Kier alpha value is -2.20. The summed E-state index contributed by atoms with van der Waals surface area (Å²) in [6.45, 7) is 0.273. The molecule has 0 saturated carbocycles. The van der Waals surface area contributed by atoms with E-state index in [9.17, 15) is 28.4 Å². The minimum atomic E-state index is -3.29. The Balaban J connectivity index is 2.60. The van der Waals surface area contributed by atoms with Crippen molar-refractivity contribution in [3.05, 3.63) is 33.9 Å². The maximum absolute atomic E-state index is 11.8. The van der Waals surface area contributed by atoms with Crippen LogP contribution < -0.4 is 10.0 Å². The molecule has 0 aliphatic heterocycles. The summed E-state index contributed by atoms with van der Waals surface area (Å²) in [5.41, 5.74) is -0.671. The Kier molecular flexibility index (Phi) is 5.61. The first-order chi connectivity index (χ1) is 9.70. The number of nitrogens with zero attached hydrogens (tertiary/aromatic N) is 1. The van der Waals surface area contributed by atoms with Crippen LogP contribution in [0.5, 0.6) is 5.75 Å². The molecule has 0 aliphatic rings. The quantitative estimate of drug-likeness (QED) is 0.366. The number of sulfonamides is 1. The summed E-state index contributed by atoms with van der Waals surface area (Å²) < 4.78 is 23.9. The van der Waals surface area contributed by atoms with Gasteiger partial charge < -0.3 is 10.4 Å². The van der Waals surface area contributed by atoms with Gasteiger partial charge in [0.25, 0.3) is 11.6 Å². The van der Waals surface area contributed by atoms with Crippen molar-refractivity contribution in [2.24, 2.45) is 0 Å². The van der Waals surface area contributed by atoms with Gasteiger partial charge in [0.05, 0.1) is 11.2 Å². The van der Waals surface area contributed by atoms with Gasteiger partial charge >= 0.3 is 0 Å². The van der Waals surface area contributed by atoms with Crippen LogP contribution in [-0.2, 0) is 10.0 Å². The van der Waals surface area contributed by atoms with Crippen molar-refractivity contribution >= 4 is 21.6 Å². The Bertz CT molecular complexity index is 643. The summed E-state index contributed by atoms with van der Waals surface area (Å²) in [5, 5.41) is 22.5. The molecule has 1 rings (SSSR count). The highest BCUT2D eigenvalue weighted by Crippen LogP contribution is 2.22. The van der Waals surface area contributed by atoms with Gasteiger partial charge in [-0.15, -0.1) is 0 Å². The molecule has 0 aliphatic carbocycles. The second-order valence-electron chi connectivity index (χ2n) is 4.23. The van der Waals surface area contributed by atoms with Crippen molar-refractivity contribution in [3.63, 3.8) is 0 Å². The summed E-state index contributed by atoms with van der Waals surface area (Å²) in [5.74, 6) is -0.971. The number of amides is 1. The molecule has 0 radical (unpaired) electrons. The number of benzene rings is 1. The predicted molar refractivity (Wildman–Crippen MR) is 74.6 cm³/mol. The Morgan fingerprint density at radius 1 is 1.38 bits per heavy atom. The van der Waals surface area contributed by atoms with E-state index in [-0.39, 0.29) is 24.4 Å². The molecule has 0 bridgehead atoms. The first-order valence-electron chi connectivity index (χ1n) is 5.91. The van der Waals surface area contributed by atoms with Crippen molar-refractivity contribution in [1.82, 2.24) is 10.0 Å². The van der Waals surface area contributed by atoms with E-state index in [0.29, 0.717) is 6.42 Å². The molecule has 1 aromatic rings. The average molecular weight is 317 g/mol. The fourth-order valence-electron chi connectivity index (χ4n) is 1.51. The lowest BCUT2D eigenvalue weighted by atomic mass is 10.1. The Labute approximate surface area is 121 Å². The van der Waals surface area contributed by atoms with Crippen LogP contribution in [0.25, 0.3) is 0 Å². The van der Waals surface area contributed by atoms with Crippen LogP contribution in [0.1, 0.15) is 16.8 Å². The molecule has 0 spiro atoms. The van der Waals surface area contributed by atoms with Crippen molar-refractivity contribution in [2.75, 3.05) is 19.3 Å². The van der Waals surface area contributed by atoms with Crippen molar-refractivity contribution < 1.29 is 23.2 Å². The molecule has 0 unspecified atom stereocenters. The molecule has 21 heavy (non-hydrogen) atoms. The lowest BCUT2D eigenvalue weighted by Gasteiger charge is -2.06. The lowest BCUT2D eigenvalue weighted by molar-refractivity contribution is -0.385. The number of phenols is 1. The molecule has 116 valence electrons. The molecule has 3 N–H and O–H groups in total. The maximum atomic E-state index is 11.8. The van der Waals surface area contributed by atoms with E-state index < -0.39 is 26.5 Å². The summed E-state index contributed by atoms with van der Waals surface area (Å²) in [6, 6.07) is 3.16. The van der Waals surface area contributed by atoms with Gasteiger partial charge in [0.2, 0.25) is 10.0 Å². The molecule has 1 amide bonds. The topological polar surface area (TPSA) is 139 Å². The van der Waals surface area contributed by atoms with E-state index in [1.165, 1.54) is 0 Å². The largest absolute Gasteiger partial charge is 0.508 e.